The number of aliphatic carboxylic acids is 1. The molecule has 14 heteroatoms. The van der Waals surface area contributed by atoms with E-state index in [0.29, 0.717) is 22.3 Å². The van der Waals surface area contributed by atoms with Crippen molar-refractivity contribution in [2.75, 3.05) is 45.7 Å². The van der Waals surface area contributed by atoms with Gasteiger partial charge in [0.1, 0.15) is 16.9 Å². The van der Waals surface area contributed by atoms with Crippen LogP contribution in [0.25, 0.3) is 10.8 Å². The molecule has 0 aromatic heterocycles. The Morgan fingerprint density at radius 1 is 0.915 bits per heavy atom. The van der Waals surface area contributed by atoms with Crippen molar-refractivity contribution in [3.8, 4) is 11.5 Å². The molecule has 4 aromatic rings. The summed E-state index contributed by atoms with van der Waals surface area (Å²) >= 11 is 0. The zero-order chi connectivity index (χ0) is 34.4. The molecule has 47 heavy (non-hydrogen) atoms. The quantitative estimate of drug-likeness (QED) is 0.252. The maximum atomic E-state index is 14.7. The Bertz CT molecular complexity index is 1950. The number of likely N-dealkylation sites (N-methyl/N-ethyl adjacent to an activating group) is 1. The van der Waals surface area contributed by atoms with E-state index in [9.17, 15) is 36.3 Å². The van der Waals surface area contributed by atoms with E-state index in [1.54, 1.807) is 30.3 Å². The third kappa shape index (κ3) is 5.21. The van der Waals surface area contributed by atoms with Crippen molar-refractivity contribution >= 4 is 38.4 Å². The second kappa shape index (κ2) is 12.1. The number of rotatable bonds is 10. The first-order chi connectivity index (χ1) is 22.2. The van der Waals surface area contributed by atoms with Crippen molar-refractivity contribution in [3.05, 3.63) is 96.1 Å². The van der Waals surface area contributed by atoms with Gasteiger partial charge >= 0.3 is 18.1 Å². The summed E-state index contributed by atoms with van der Waals surface area (Å²) in [7, 11) is 1.26. The number of anilines is 1. The molecule has 1 aliphatic rings. The number of sulfonamides is 1. The molecule has 1 aliphatic heterocycles. The molecule has 1 heterocycles. The number of nitrogens with zero attached hydrogens (tertiary/aromatic N) is 2. The van der Waals surface area contributed by atoms with Crippen LogP contribution in [0.2, 0.25) is 0 Å². The molecule has 0 aliphatic carbocycles. The van der Waals surface area contributed by atoms with Crippen molar-refractivity contribution < 1.29 is 45.8 Å². The van der Waals surface area contributed by atoms with Gasteiger partial charge in [-0.25, -0.2) is 8.42 Å². The van der Waals surface area contributed by atoms with Gasteiger partial charge in [0.25, 0.3) is 10.0 Å². The predicted molar refractivity (Wildman–Crippen MR) is 168 cm³/mol. The average Bonchev–Trinajstić information content (AvgIpc) is 3.41. The van der Waals surface area contributed by atoms with E-state index in [2.05, 4.69) is 0 Å². The van der Waals surface area contributed by atoms with Crippen LogP contribution >= 0.6 is 0 Å². The van der Waals surface area contributed by atoms with Gasteiger partial charge < -0.3 is 19.9 Å². The highest BCUT2D eigenvalue weighted by Gasteiger charge is 2.66. The molecule has 0 fully saturated rings. The smallest absolute Gasteiger partial charge is 0.471 e. The number of nitrogens with one attached hydrogen (secondary N) is 1. The number of carboxylic acids is 1. The highest BCUT2D eigenvalue weighted by Crippen LogP contribution is 2.55. The minimum atomic E-state index is -5.27. The summed E-state index contributed by atoms with van der Waals surface area (Å²) < 4.78 is 81.6. The van der Waals surface area contributed by atoms with Gasteiger partial charge in [0.2, 0.25) is 0 Å². The van der Waals surface area contributed by atoms with Crippen LogP contribution in [-0.2, 0) is 30.6 Å². The number of fused-ring (bicyclic) bond motifs is 2. The van der Waals surface area contributed by atoms with Gasteiger partial charge in [-0.15, -0.1) is 0 Å². The monoisotopic (exact) mass is 671 g/mol. The fraction of sp³-hybridized carbons (Fsp3) is 0.273. The van der Waals surface area contributed by atoms with E-state index >= 15 is 0 Å². The van der Waals surface area contributed by atoms with Crippen LogP contribution in [0.15, 0.2) is 89.8 Å². The summed E-state index contributed by atoms with van der Waals surface area (Å²) in [6, 6.07) is 21.5. The number of hydrogen-bond acceptors (Lipinski definition) is 7. The molecule has 0 radical (unpaired) electrons. The summed E-state index contributed by atoms with van der Waals surface area (Å²) in [5, 5.41) is 14.0. The number of alkyl halides is 3. The molecule has 0 saturated carbocycles. The summed E-state index contributed by atoms with van der Waals surface area (Å²) in [5.74, 6) is -2.99. The Morgan fingerprint density at radius 2 is 1.53 bits per heavy atom. The SMILES string of the molecule is COc1ccc(C(CNC(=O)C(F)(F)F)(N(C)C)C2(C(=O)O)CN(S(=O)(=O)c3ccc(OC)c4ccccc34)c3ccccc32)cc1. The largest absolute Gasteiger partial charge is 0.497 e. The Kier molecular flexibility index (Phi) is 8.62. The Labute approximate surface area is 269 Å². The van der Waals surface area contributed by atoms with E-state index in [1.165, 1.54) is 87.8 Å². The molecule has 2 unspecified atom stereocenters. The molecule has 0 saturated heterocycles. The zero-order valence-electron chi connectivity index (χ0n) is 25.8. The summed E-state index contributed by atoms with van der Waals surface area (Å²) in [6.07, 6.45) is -5.27. The van der Waals surface area contributed by atoms with Crippen molar-refractivity contribution in [3.63, 3.8) is 0 Å². The fourth-order valence-electron chi connectivity index (χ4n) is 6.60. The van der Waals surface area contributed by atoms with Gasteiger partial charge in [-0.05, 0) is 55.6 Å². The molecule has 2 atom stereocenters. The Morgan fingerprint density at radius 3 is 2.11 bits per heavy atom. The minimum absolute atomic E-state index is 0.0247. The van der Waals surface area contributed by atoms with E-state index in [4.69, 9.17) is 9.47 Å². The van der Waals surface area contributed by atoms with E-state index in [1.807, 2.05) is 5.32 Å². The first-order valence-corrected chi connectivity index (χ1v) is 15.7. The Hall–Kier alpha value is -4.82. The minimum Gasteiger partial charge on any atom is -0.497 e. The number of halogens is 3. The molecule has 0 bridgehead atoms. The molecule has 0 spiro atoms. The lowest BCUT2D eigenvalue weighted by molar-refractivity contribution is -0.175. The lowest BCUT2D eigenvalue weighted by atomic mass is 9.62. The fourth-order valence-corrected chi connectivity index (χ4v) is 8.32. The number of carbonyl (C=O) groups is 2. The summed E-state index contributed by atoms with van der Waals surface area (Å²) in [5.41, 5.74) is -4.02. The Balaban J connectivity index is 1.80. The standard InChI is InChI=1S/C33H32F3N3O7S/c1-38(2)32(19-37-29(40)33(34,35)36,21-13-15-22(45-3)16-14-21)31(30(41)42)20-39(26-12-8-7-11-25(26)31)47(43,44)28-18-17-27(46-4)23-9-5-6-10-24(23)28/h5-18H,19-20H2,1-4H3,(H,37,40)(H,41,42). The van der Waals surface area contributed by atoms with Gasteiger partial charge in [0, 0.05) is 17.3 Å². The van der Waals surface area contributed by atoms with Crippen molar-refractivity contribution in [2.24, 2.45) is 0 Å². The number of hydrogen-bond donors (Lipinski definition) is 2. The topological polar surface area (TPSA) is 125 Å². The summed E-state index contributed by atoms with van der Waals surface area (Å²) in [6.45, 7) is -1.58. The molecule has 2 N–H and O–H groups in total. The third-order valence-electron chi connectivity index (χ3n) is 8.81. The molecule has 1 amide bonds. The summed E-state index contributed by atoms with van der Waals surface area (Å²) in [4.78, 5) is 27.4. The number of ether oxygens (including phenoxy) is 2. The van der Waals surface area contributed by atoms with Gasteiger partial charge in [-0.1, -0.05) is 54.6 Å². The number of para-hydroxylation sites is 1. The van der Waals surface area contributed by atoms with Gasteiger partial charge in [-0.2, -0.15) is 13.2 Å². The van der Waals surface area contributed by atoms with E-state index < -0.39 is 52.1 Å². The third-order valence-corrected chi connectivity index (χ3v) is 10.6. The van der Waals surface area contributed by atoms with Crippen LogP contribution < -0.4 is 19.1 Å². The van der Waals surface area contributed by atoms with Gasteiger partial charge in [0.05, 0.1) is 36.9 Å². The van der Waals surface area contributed by atoms with Crippen molar-refractivity contribution in [1.29, 1.82) is 0 Å². The molecule has 5 rings (SSSR count). The van der Waals surface area contributed by atoms with Crippen LogP contribution in [0, 0.1) is 0 Å². The number of amides is 1. The number of methoxy groups -OCH3 is 2. The van der Waals surface area contributed by atoms with Gasteiger partial charge in [0.15, 0.2) is 0 Å². The van der Waals surface area contributed by atoms with E-state index in [-0.39, 0.29) is 21.7 Å². The van der Waals surface area contributed by atoms with Crippen molar-refractivity contribution in [2.45, 2.75) is 22.0 Å². The lowest BCUT2D eigenvalue weighted by Crippen LogP contribution is -2.68. The maximum absolute atomic E-state index is 14.7. The molecule has 10 nitrogen and oxygen atoms in total. The average molecular weight is 672 g/mol. The first kappa shape index (κ1) is 33.5. The second-order valence-corrected chi connectivity index (χ2v) is 13.0. The van der Waals surface area contributed by atoms with Crippen LogP contribution in [0.5, 0.6) is 11.5 Å². The van der Waals surface area contributed by atoms with Crippen LogP contribution in [-0.4, -0.2) is 77.9 Å². The maximum Gasteiger partial charge on any atom is 0.471 e. The normalized spacial score (nSPS) is 17.7. The second-order valence-electron chi connectivity index (χ2n) is 11.2. The van der Waals surface area contributed by atoms with E-state index in [0.717, 1.165) is 4.31 Å². The van der Waals surface area contributed by atoms with Crippen molar-refractivity contribution in [1.82, 2.24) is 10.2 Å². The van der Waals surface area contributed by atoms with Crippen LogP contribution in [0.3, 0.4) is 0 Å². The van der Waals surface area contributed by atoms with Gasteiger partial charge in [-0.3, -0.25) is 18.8 Å². The highest BCUT2D eigenvalue weighted by molar-refractivity contribution is 7.93. The molecule has 248 valence electrons. The number of carboxylic acid groups (broad SMARTS) is 1. The lowest BCUT2D eigenvalue weighted by Gasteiger charge is -2.51. The van der Waals surface area contributed by atoms with Crippen LogP contribution in [0.1, 0.15) is 11.1 Å². The first-order valence-electron chi connectivity index (χ1n) is 14.2. The number of benzene rings is 4. The zero-order valence-corrected chi connectivity index (χ0v) is 26.6. The highest BCUT2D eigenvalue weighted by atomic mass is 32.2. The molecular weight excluding hydrogens is 639 g/mol. The molecular formula is C33H32F3N3O7S. The number of carbonyl (C=O) groups excluding carboxylic acids is 1. The predicted octanol–water partition coefficient (Wildman–Crippen LogP) is 4.52. The van der Waals surface area contributed by atoms with Crippen LogP contribution in [0.4, 0.5) is 18.9 Å². The molecule has 4 aromatic carbocycles.